The summed E-state index contributed by atoms with van der Waals surface area (Å²) in [4.78, 5) is 10.1. The third-order valence-corrected chi connectivity index (χ3v) is 5.45. The van der Waals surface area contributed by atoms with E-state index < -0.39 is 0 Å². The van der Waals surface area contributed by atoms with E-state index in [1.807, 2.05) is 31.8 Å². The molecule has 1 aromatic heterocycles. The van der Waals surface area contributed by atoms with Crippen LogP contribution in [0.5, 0.6) is 0 Å². The van der Waals surface area contributed by atoms with Crippen molar-refractivity contribution in [3.8, 4) is 0 Å². The van der Waals surface area contributed by atoms with Gasteiger partial charge in [-0.05, 0) is 38.3 Å². The van der Waals surface area contributed by atoms with E-state index in [1.165, 1.54) is 9.90 Å². The summed E-state index contributed by atoms with van der Waals surface area (Å²) in [5.41, 5.74) is 1.13. The summed E-state index contributed by atoms with van der Waals surface area (Å²) in [6, 6.07) is 10.5. The minimum absolute atomic E-state index is 0. The van der Waals surface area contributed by atoms with E-state index in [0.29, 0.717) is 0 Å². The molecule has 1 heterocycles. The normalized spacial score (nSPS) is 11.0. The lowest BCUT2D eigenvalue weighted by molar-refractivity contribution is 0.695. The molecule has 0 fully saturated rings. The number of unbranched alkanes of at least 4 members (excludes halogenated alkanes) is 1. The SMILES string of the molecule is CN=C(NCCCCc1nc(C)cs1)NCCSc1ccccc1.I. The van der Waals surface area contributed by atoms with Crippen molar-refractivity contribution in [3.05, 3.63) is 46.4 Å². The second-order valence-corrected chi connectivity index (χ2v) is 7.54. The standard InChI is InChI=1S/C18H26N4S2.HI/c1-15-14-24-17(22-15)10-6-7-11-20-18(19-2)21-12-13-23-16-8-4-3-5-9-16;/h3-5,8-9,14H,6-7,10-13H2,1-2H3,(H2,19,20,21);1H. The number of hydrogen-bond acceptors (Lipinski definition) is 4. The Morgan fingerprint density at radius 2 is 1.92 bits per heavy atom. The van der Waals surface area contributed by atoms with Gasteiger partial charge in [-0.2, -0.15) is 0 Å². The van der Waals surface area contributed by atoms with Crippen LogP contribution in [0.3, 0.4) is 0 Å². The molecule has 0 bridgehead atoms. The number of nitrogens with one attached hydrogen (secondary N) is 2. The number of halogens is 1. The topological polar surface area (TPSA) is 49.3 Å². The first-order valence-corrected chi connectivity index (χ1v) is 10.2. The van der Waals surface area contributed by atoms with Crippen molar-refractivity contribution in [2.24, 2.45) is 4.99 Å². The number of thiazole rings is 1. The third-order valence-electron chi connectivity index (χ3n) is 3.41. The number of aromatic nitrogens is 1. The lowest BCUT2D eigenvalue weighted by Gasteiger charge is -2.11. The molecule has 0 spiro atoms. The smallest absolute Gasteiger partial charge is 0.191 e. The molecule has 0 atom stereocenters. The molecule has 0 aliphatic heterocycles. The third kappa shape index (κ3) is 9.46. The molecule has 0 saturated heterocycles. The summed E-state index contributed by atoms with van der Waals surface area (Å²) < 4.78 is 0. The van der Waals surface area contributed by atoms with Gasteiger partial charge in [0.2, 0.25) is 0 Å². The van der Waals surface area contributed by atoms with Crippen molar-refractivity contribution in [1.29, 1.82) is 0 Å². The molecule has 7 heteroatoms. The Labute approximate surface area is 176 Å². The highest BCUT2D eigenvalue weighted by molar-refractivity contribution is 14.0. The van der Waals surface area contributed by atoms with Crippen LogP contribution in [-0.2, 0) is 6.42 Å². The minimum atomic E-state index is 0. The van der Waals surface area contributed by atoms with Crippen LogP contribution in [0.1, 0.15) is 23.5 Å². The maximum absolute atomic E-state index is 4.49. The molecule has 138 valence electrons. The number of aryl methyl sites for hydroxylation is 2. The van der Waals surface area contributed by atoms with Crippen LogP contribution in [0.15, 0.2) is 45.6 Å². The Balaban J connectivity index is 0.00000312. The molecule has 0 saturated carbocycles. The second-order valence-electron chi connectivity index (χ2n) is 5.43. The fourth-order valence-corrected chi connectivity index (χ4v) is 3.81. The van der Waals surface area contributed by atoms with Crippen molar-refractivity contribution in [3.63, 3.8) is 0 Å². The number of hydrogen-bond donors (Lipinski definition) is 2. The number of thioether (sulfide) groups is 1. The first-order chi connectivity index (χ1) is 11.8. The van der Waals surface area contributed by atoms with Crippen LogP contribution in [-0.4, -0.2) is 36.8 Å². The van der Waals surface area contributed by atoms with Crippen molar-refractivity contribution in [2.75, 3.05) is 25.9 Å². The van der Waals surface area contributed by atoms with Gasteiger partial charge in [-0.3, -0.25) is 4.99 Å². The number of nitrogens with zero attached hydrogens (tertiary/aromatic N) is 2. The average molecular weight is 490 g/mol. The van der Waals surface area contributed by atoms with Crippen LogP contribution in [0, 0.1) is 6.92 Å². The van der Waals surface area contributed by atoms with Crippen LogP contribution in [0.25, 0.3) is 0 Å². The monoisotopic (exact) mass is 490 g/mol. The van der Waals surface area contributed by atoms with Crippen LogP contribution < -0.4 is 10.6 Å². The maximum Gasteiger partial charge on any atom is 0.191 e. The molecule has 2 aromatic rings. The van der Waals surface area contributed by atoms with Crippen LogP contribution in [0.2, 0.25) is 0 Å². The van der Waals surface area contributed by atoms with E-state index in [0.717, 1.165) is 49.8 Å². The van der Waals surface area contributed by atoms with Gasteiger partial charge in [0.25, 0.3) is 0 Å². The molecule has 4 nitrogen and oxygen atoms in total. The van der Waals surface area contributed by atoms with E-state index >= 15 is 0 Å². The summed E-state index contributed by atoms with van der Waals surface area (Å²) in [6.07, 6.45) is 3.35. The van der Waals surface area contributed by atoms with Crippen LogP contribution in [0.4, 0.5) is 0 Å². The van der Waals surface area contributed by atoms with Gasteiger partial charge in [-0.1, -0.05) is 18.2 Å². The van der Waals surface area contributed by atoms with Gasteiger partial charge in [0.15, 0.2) is 5.96 Å². The molecule has 25 heavy (non-hydrogen) atoms. The lowest BCUT2D eigenvalue weighted by Crippen LogP contribution is -2.38. The zero-order valence-corrected chi connectivity index (χ0v) is 18.8. The Morgan fingerprint density at radius 1 is 1.16 bits per heavy atom. The zero-order valence-electron chi connectivity index (χ0n) is 14.8. The zero-order chi connectivity index (χ0) is 17.0. The summed E-state index contributed by atoms with van der Waals surface area (Å²) in [6.45, 7) is 3.89. The van der Waals surface area contributed by atoms with Gasteiger partial charge >= 0.3 is 0 Å². The fourth-order valence-electron chi connectivity index (χ4n) is 2.20. The van der Waals surface area contributed by atoms with Crippen molar-refractivity contribution < 1.29 is 0 Å². The number of aliphatic imine (C=N–C) groups is 1. The first kappa shape index (κ1) is 22.2. The highest BCUT2D eigenvalue weighted by Crippen LogP contribution is 2.15. The lowest BCUT2D eigenvalue weighted by atomic mass is 10.2. The van der Waals surface area contributed by atoms with E-state index in [2.05, 4.69) is 50.3 Å². The molecule has 0 amide bonds. The highest BCUT2D eigenvalue weighted by Gasteiger charge is 2.00. The molecule has 0 unspecified atom stereocenters. The summed E-state index contributed by atoms with van der Waals surface area (Å²) in [7, 11) is 1.82. The Hall–Kier alpha value is -0.800. The van der Waals surface area contributed by atoms with Gasteiger partial charge in [-0.25, -0.2) is 4.98 Å². The molecule has 0 aliphatic carbocycles. The van der Waals surface area contributed by atoms with E-state index in [1.54, 1.807) is 11.3 Å². The predicted molar refractivity (Wildman–Crippen MR) is 122 cm³/mol. The minimum Gasteiger partial charge on any atom is -0.356 e. The second kappa shape index (κ2) is 13.4. The van der Waals surface area contributed by atoms with Gasteiger partial charge in [0, 0.05) is 41.9 Å². The van der Waals surface area contributed by atoms with E-state index in [-0.39, 0.29) is 24.0 Å². The Bertz CT molecular complexity index is 617. The molecule has 2 rings (SSSR count). The number of benzene rings is 1. The fraction of sp³-hybridized carbons (Fsp3) is 0.444. The molecule has 2 N–H and O–H groups in total. The van der Waals surface area contributed by atoms with Crippen molar-refractivity contribution in [2.45, 2.75) is 31.1 Å². The van der Waals surface area contributed by atoms with Crippen molar-refractivity contribution >= 4 is 53.0 Å². The summed E-state index contributed by atoms with van der Waals surface area (Å²) >= 11 is 3.61. The highest BCUT2D eigenvalue weighted by atomic mass is 127. The van der Waals surface area contributed by atoms with E-state index in [9.17, 15) is 0 Å². The van der Waals surface area contributed by atoms with E-state index in [4.69, 9.17) is 0 Å². The van der Waals surface area contributed by atoms with Gasteiger partial charge < -0.3 is 10.6 Å². The summed E-state index contributed by atoms with van der Waals surface area (Å²) in [5.74, 6) is 1.91. The van der Waals surface area contributed by atoms with Gasteiger partial charge in [-0.15, -0.1) is 47.1 Å². The predicted octanol–water partition coefficient (Wildman–Crippen LogP) is 4.35. The maximum atomic E-state index is 4.49. The molecule has 0 aliphatic rings. The molecular formula is C18H27IN4S2. The number of guanidine groups is 1. The van der Waals surface area contributed by atoms with Gasteiger partial charge in [0.1, 0.15) is 0 Å². The van der Waals surface area contributed by atoms with Crippen molar-refractivity contribution in [1.82, 2.24) is 15.6 Å². The molecule has 1 aromatic carbocycles. The average Bonchev–Trinajstić information content (AvgIpc) is 3.02. The van der Waals surface area contributed by atoms with Gasteiger partial charge in [0.05, 0.1) is 5.01 Å². The molecule has 0 radical (unpaired) electrons. The number of rotatable bonds is 9. The Morgan fingerprint density at radius 3 is 2.60 bits per heavy atom. The first-order valence-electron chi connectivity index (χ1n) is 8.31. The largest absolute Gasteiger partial charge is 0.356 e. The Kier molecular flexibility index (Phi) is 11.9. The quantitative estimate of drug-likeness (QED) is 0.181. The van der Waals surface area contributed by atoms with Crippen LogP contribution >= 0.6 is 47.1 Å². The summed E-state index contributed by atoms with van der Waals surface area (Å²) in [5, 5.41) is 10.1. The molecular weight excluding hydrogens is 463 g/mol.